The van der Waals surface area contributed by atoms with Crippen LogP contribution in [0.15, 0.2) is 24.3 Å². The number of rotatable bonds is 6. The fourth-order valence-electron chi connectivity index (χ4n) is 4.77. The van der Waals surface area contributed by atoms with Crippen molar-refractivity contribution in [1.82, 2.24) is 10.2 Å². The number of fused-ring (bicyclic) bond motifs is 4. The number of carbonyl (C=O) groups excluding carboxylic acids is 4. The van der Waals surface area contributed by atoms with Gasteiger partial charge in [-0.25, -0.2) is 0 Å². The van der Waals surface area contributed by atoms with E-state index in [0.29, 0.717) is 11.3 Å². The van der Waals surface area contributed by atoms with Crippen LogP contribution in [0.1, 0.15) is 18.4 Å². The molecule has 4 amide bonds. The van der Waals surface area contributed by atoms with Crippen molar-refractivity contribution in [3.05, 3.63) is 29.8 Å². The number of hydrogen-bond donors (Lipinski definition) is 3. The number of nitrogens with one attached hydrogen (secondary N) is 2. The normalized spacial score (nSPS) is 30.7. The van der Waals surface area contributed by atoms with E-state index in [2.05, 4.69) is 10.6 Å². The van der Waals surface area contributed by atoms with Gasteiger partial charge in [0, 0.05) is 30.8 Å². The molecule has 1 spiro atoms. The summed E-state index contributed by atoms with van der Waals surface area (Å²) >= 11 is 0. The molecule has 4 unspecified atom stereocenters. The monoisotopic (exact) mass is 386 g/mol. The molecule has 4 N–H and O–H groups in total. The van der Waals surface area contributed by atoms with E-state index in [1.165, 1.54) is 12.0 Å². The van der Waals surface area contributed by atoms with Gasteiger partial charge in [-0.05, 0) is 12.5 Å². The molecule has 2 saturated heterocycles. The minimum atomic E-state index is -1.34. The number of benzene rings is 1. The van der Waals surface area contributed by atoms with Crippen molar-refractivity contribution in [3.63, 3.8) is 0 Å². The first-order chi connectivity index (χ1) is 13.4. The van der Waals surface area contributed by atoms with Gasteiger partial charge in [-0.15, -0.1) is 0 Å². The van der Waals surface area contributed by atoms with Crippen molar-refractivity contribution in [1.29, 1.82) is 0 Å². The summed E-state index contributed by atoms with van der Waals surface area (Å²) in [5.74, 6) is -3.21. The SMILES string of the molecule is COCCN1C(=O)C2C(CCC(N)=O)NC3(C(=O)Nc4ccccc43)C2C1=O. The maximum absolute atomic E-state index is 13.2. The number of methoxy groups -OCH3 is 1. The molecule has 3 aliphatic heterocycles. The minimum Gasteiger partial charge on any atom is -0.383 e. The van der Waals surface area contributed by atoms with Gasteiger partial charge in [0.05, 0.1) is 25.0 Å². The van der Waals surface area contributed by atoms with Crippen LogP contribution in [0.4, 0.5) is 5.69 Å². The Kier molecular flexibility index (Phi) is 4.43. The first kappa shape index (κ1) is 18.6. The van der Waals surface area contributed by atoms with Gasteiger partial charge < -0.3 is 15.8 Å². The highest BCUT2D eigenvalue weighted by Gasteiger charge is 2.70. The highest BCUT2D eigenvalue weighted by atomic mass is 16.5. The molecular weight excluding hydrogens is 364 g/mol. The number of amides is 4. The Morgan fingerprint density at radius 2 is 2.00 bits per heavy atom. The Labute approximate surface area is 161 Å². The second-order valence-corrected chi connectivity index (χ2v) is 7.39. The summed E-state index contributed by atoms with van der Waals surface area (Å²) in [7, 11) is 1.49. The Bertz CT molecular complexity index is 872. The van der Waals surface area contributed by atoms with Crippen LogP contribution in [0, 0.1) is 11.8 Å². The number of anilines is 1. The lowest BCUT2D eigenvalue weighted by Crippen LogP contribution is -2.53. The number of hydrogen-bond acceptors (Lipinski definition) is 6. The van der Waals surface area contributed by atoms with Crippen molar-refractivity contribution < 1.29 is 23.9 Å². The zero-order chi connectivity index (χ0) is 20.1. The molecule has 3 aliphatic rings. The van der Waals surface area contributed by atoms with Gasteiger partial charge in [0.15, 0.2) is 0 Å². The lowest BCUT2D eigenvalue weighted by Gasteiger charge is -2.29. The molecule has 0 bridgehead atoms. The molecule has 0 saturated carbocycles. The van der Waals surface area contributed by atoms with Crippen LogP contribution in [0.3, 0.4) is 0 Å². The molecule has 4 rings (SSSR count). The summed E-state index contributed by atoms with van der Waals surface area (Å²) in [6.07, 6.45) is 0.324. The second-order valence-electron chi connectivity index (χ2n) is 7.39. The van der Waals surface area contributed by atoms with Crippen LogP contribution in [0.2, 0.25) is 0 Å². The second kappa shape index (κ2) is 6.68. The summed E-state index contributed by atoms with van der Waals surface area (Å²) in [6, 6.07) is 6.61. The van der Waals surface area contributed by atoms with Crippen LogP contribution in [-0.2, 0) is 29.5 Å². The lowest BCUT2D eigenvalue weighted by molar-refractivity contribution is -0.143. The predicted octanol–water partition coefficient (Wildman–Crippen LogP) is -0.681. The molecule has 0 radical (unpaired) electrons. The van der Waals surface area contributed by atoms with E-state index in [4.69, 9.17) is 10.5 Å². The van der Waals surface area contributed by atoms with Crippen molar-refractivity contribution in [2.75, 3.05) is 25.6 Å². The quantitative estimate of drug-likeness (QED) is 0.555. The fraction of sp³-hybridized carbons (Fsp3) is 0.474. The average Bonchev–Trinajstić information content (AvgIpc) is 3.24. The standard InChI is InChI=1S/C19H22N4O5/c1-28-9-8-23-16(25)14-12(6-7-13(20)24)22-19(15(14)17(23)26)10-4-2-3-5-11(10)21-18(19)27/h2-5,12,14-15,22H,6-9H2,1H3,(H2,20,24)(H,21,27). The van der Waals surface area contributed by atoms with E-state index in [1.54, 1.807) is 24.3 Å². The summed E-state index contributed by atoms with van der Waals surface area (Å²) in [6.45, 7) is 0.342. The highest BCUT2D eigenvalue weighted by Crippen LogP contribution is 2.53. The van der Waals surface area contributed by atoms with E-state index >= 15 is 0 Å². The van der Waals surface area contributed by atoms with Gasteiger partial charge >= 0.3 is 0 Å². The molecule has 9 nitrogen and oxygen atoms in total. The molecule has 1 aromatic carbocycles. The largest absolute Gasteiger partial charge is 0.383 e. The lowest BCUT2D eigenvalue weighted by atomic mass is 9.76. The van der Waals surface area contributed by atoms with Crippen molar-refractivity contribution in [2.45, 2.75) is 24.4 Å². The zero-order valence-electron chi connectivity index (χ0n) is 15.4. The minimum absolute atomic E-state index is 0.0553. The molecular formula is C19H22N4O5. The Morgan fingerprint density at radius 1 is 1.25 bits per heavy atom. The first-order valence-corrected chi connectivity index (χ1v) is 9.23. The molecule has 4 atom stereocenters. The molecule has 3 heterocycles. The van der Waals surface area contributed by atoms with Gasteiger partial charge in [-0.2, -0.15) is 0 Å². The topological polar surface area (TPSA) is 131 Å². The van der Waals surface area contributed by atoms with Crippen LogP contribution >= 0.6 is 0 Å². The third-order valence-corrected chi connectivity index (χ3v) is 5.93. The smallest absolute Gasteiger partial charge is 0.250 e. The van der Waals surface area contributed by atoms with Crippen molar-refractivity contribution in [2.24, 2.45) is 17.6 Å². The van der Waals surface area contributed by atoms with Crippen LogP contribution < -0.4 is 16.4 Å². The molecule has 148 valence electrons. The van der Waals surface area contributed by atoms with Gasteiger partial charge in [0.2, 0.25) is 23.6 Å². The number of imide groups is 1. The Balaban J connectivity index is 1.79. The molecule has 0 aromatic heterocycles. The van der Waals surface area contributed by atoms with E-state index in [9.17, 15) is 19.2 Å². The maximum Gasteiger partial charge on any atom is 0.250 e. The van der Waals surface area contributed by atoms with Crippen LogP contribution in [0.25, 0.3) is 0 Å². The van der Waals surface area contributed by atoms with Crippen molar-refractivity contribution in [3.8, 4) is 0 Å². The number of ether oxygens (including phenoxy) is 1. The van der Waals surface area contributed by atoms with E-state index < -0.39 is 35.2 Å². The van der Waals surface area contributed by atoms with Gasteiger partial charge in [-0.3, -0.25) is 29.4 Å². The summed E-state index contributed by atoms with van der Waals surface area (Å²) in [4.78, 5) is 51.9. The highest BCUT2D eigenvalue weighted by molar-refractivity contribution is 6.15. The predicted molar refractivity (Wildman–Crippen MR) is 97.7 cm³/mol. The van der Waals surface area contributed by atoms with Gasteiger partial charge in [0.25, 0.3) is 0 Å². The van der Waals surface area contributed by atoms with Gasteiger partial charge in [-0.1, -0.05) is 18.2 Å². The third kappa shape index (κ3) is 2.46. The Hall–Kier alpha value is -2.78. The number of carbonyl (C=O) groups is 4. The fourth-order valence-corrected chi connectivity index (χ4v) is 4.77. The van der Waals surface area contributed by atoms with Crippen LogP contribution in [0.5, 0.6) is 0 Å². The molecule has 9 heteroatoms. The summed E-state index contributed by atoms with van der Waals surface area (Å²) < 4.78 is 5.02. The van der Waals surface area contributed by atoms with E-state index in [1.807, 2.05) is 0 Å². The third-order valence-electron chi connectivity index (χ3n) is 5.93. The zero-order valence-corrected chi connectivity index (χ0v) is 15.4. The number of para-hydroxylation sites is 1. The van der Waals surface area contributed by atoms with E-state index in [-0.39, 0.29) is 37.8 Å². The number of primary amides is 1. The van der Waals surface area contributed by atoms with Gasteiger partial charge in [0.1, 0.15) is 5.54 Å². The number of likely N-dealkylation sites (tertiary alicyclic amines) is 1. The number of nitrogens with zero attached hydrogens (tertiary/aromatic N) is 1. The van der Waals surface area contributed by atoms with Crippen LogP contribution in [-0.4, -0.2) is 54.8 Å². The molecule has 0 aliphatic carbocycles. The first-order valence-electron chi connectivity index (χ1n) is 9.23. The Morgan fingerprint density at radius 3 is 2.71 bits per heavy atom. The summed E-state index contributed by atoms with van der Waals surface area (Å²) in [5, 5.41) is 6.07. The number of nitrogens with two attached hydrogens (primary N) is 1. The summed E-state index contributed by atoms with van der Waals surface area (Å²) in [5.41, 5.74) is 5.21. The molecule has 2 fully saturated rings. The molecule has 28 heavy (non-hydrogen) atoms. The maximum atomic E-state index is 13.2. The van der Waals surface area contributed by atoms with Crippen molar-refractivity contribution >= 4 is 29.3 Å². The molecule has 1 aromatic rings. The van der Waals surface area contributed by atoms with E-state index in [0.717, 1.165) is 0 Å². The average molecular weight is 386 g/mol.